The molecule has 3 aromatic heterocycles. The summed E-state index contributed by atoms with van der Waals surface area (Å²) in [6.07, 6.45) is 6.04. The van der Waals surface area contributed by atoms with Crippen molar-refractivity contribution in [1.29, 1.82) is 0 Å². The molecule has 1 saturated heterocycles. The number of rotatable bonds is 4. The Balaban J connectivity index is 1.31. The van der Waals surface area contributed by atoms with E-state index in [9.17, 15) is 9.18 Å². The molecule has 1 aromatic carbocycles. The summed E-state index contributed by atoms with van der Waals surface area (Å²) in [6, 6.07) is 12.7. The lowest BCUT2D eigenvalue weighted by Gasteiger charge is -2.32. The fraction of sp³-hybridized carbons (Fsp3) is 0.308. The monoisotopic (exact) mass is 443 g/mol. The lowest BCUT2D eigenvalue weighted by Crippen LogP contribution is -2.39. The highest BCUT2D eigenvalue weighted by atomic mass is 19.1. The van der Waals surface area contributed by atoms with Crippen molar-refractivity contribution in [3.05, 3.63) is 94.4 Å². The van der Waals surface area contributed by atoms with Gasteiger partial charge in [0.2, 0.25) is 0 Å². The minimum absolute atomic E-state index is 0.0325. The quantitative estimate of drug-likeness (QED) is 0.466. The van der Waals surface area contributed by atoms with Crippen molar-refractivity contribution >= 4 is 11.6 Å². The van der Waals surface area contributed by atoms with Crippen LogP contribution in [0.15, 0.2) is 54.9 Å². The predicted octanol–water partition coefficient (Wildman–Crippen LogP) is 4.49. The summed E-state index contributed by atoms with van der Waals surface area (Å²) in [6.45, 7) is 5.23. The van der Waals surface area contributed by atoms with Crippen LogP contribution in [0.2, 0.25) is 0 Å². The molecule has 4 aromatic rings. The summed E-state index contributed by atoms with van der Waals surface area (Å²) in [7, 11) is 0. The molecule has 1 fully saturated rings. The lowest BCUT2D eigenvalue weighted by atomic mass is 9.93. The third-order valence-corrected chi connectivity index (χ3v) is 6.28. The molecule has 0 radical (unpaired) electrons. The summed E-state index contributed by atoms with van der Waals surface area (Å²) in [5, 5.41) is 4.37. The highest BCUT2D eigenvalue weighted by molar-refractivity contribution is 5.99. The largest absolute Gasteiger partial charge is 0.338 e. The Morgan fingerprint density at radius 3 is 2.79 bits per heavy atom. The second kappa shape index (κ2) is 8.73. The van der Waals surface area contributed by atoms with Gasteiger partial charge < -0.3 is 4.90 Å². The molecule has 0 bridgehead atoms. The summed E-state index contributed by atoms with van der Waals surface area (Å²) in [4.78, 5) is 24.5. The van der Waals surface area contributed by atoms with Gasteiger partial charge in [-0.25, -0.2) is 13.9 Å². The van der Waals surface area contributed by atoms with Crippen molar-refractivity contribution in [3.63, 3.8) is 0 Å². The van der Waals surface area contributed by atoms with E-state index in [1.165, 1.54) is 6.07 Å². The van der Waals surface area contributed by atoms with E-state index in [2.05, 4.69) is 16.1 Å². The van der Waals surface area contributed by atoms with Crippen molar-refractivity contribution in [3.8, 4) is 0 Å². The predicted molar refractivity (Wildman–Crippen MR) is 124 cm³/mol. The fourth-order valence-corrected chi connectivity index (χ4v) is 4.66. The normalized spacial score (nSPS) is 16.3. The van der Waals surface area contributed by atoms with Gasteiger partial charge in [-0.15, -0.1) is 0 Å². The number of carbonyl (C=O) groups is 1. The number of likely N-dealkylation sites (tertiary alicyclic amines) is 1. The van der Waals surface area contributed by atoms with Crippen LogP contribution in [0.25, 0.3) is 5.65 Å². The summed E-state index contributed by atoms with van der Waals surface area (Å²) >= 11 is 0. The van der Waals surface area contributed by atoms with Gasteiger partial charge >= 0.3 is 0 Å². The summed E-state index contributed by atoms with van der Waals surface area (Å²) in [5.41, 5.74) is 5.92. The second-order valence-electron chi connectivity index (χ2n) is 8.82. The average molecular weight is 444 g/mol. The zero-order valence-corrected chi connectivity index (χ0v) is 18.8. The number of pyridine rings is 1. The molecular formula is C26H26FN5O. The van der Waals surface area contributed by atoms with E-state index < -0.39 is 0 Å². The number of fused-ring (bicyclic) bond motifs is 1. The van der Waals surface area contributed by atoms with E-state index in [1.807, 2.05) is 43.1 Å². The fourth-order valence-electron chi connectivity index (χ4n) is 4.66. The Morgan fingerprint density at radius 1 is 1.12 bits per heavy atom. The van der Waals surface area contributed by atoms with Gasteiger partial charge in [-0.2, -0.15) is 5.10 Å². The van der Waals surface area contributed by atoms with Crippen LogP contribution in [-0.4, -0.2) is 43.5 Å². The van der Waals surface area contributed by atoms with Gasteiger partial charge in [0.15, 0.2) is 5.65 Å². The number of nitrogens with zero attached hydrogens (tertiary/aromatic N) is 5. The highest BCUT2D eigenvalue weighted by Crippen LogP contribution is 2.27. The van der Waals surface area contributed by atoms with E-state index >= 15 is 0 Å². The standard InChI is InChI=1S/C26H26FN5O/c1-17-11-18(2)32-25(30-17)23(15-29-32)26(33)31-10-4-6-21(16-31)24-9-8-20(14-28-24)12-19-5-3-7-22(27)13-19/h3,5,7-9,11,13-15,21H,4,6,10,12,16H2,1-2H3. The number of aryl methyl sites for hydroxylation is 2. The molecule has 1 aliphatic heterocycles. The van der Waals surface area contributed by atoms with Crippen LogP contribution in [-0.2, 0) is 6.42 Å². The summed E-state index contributed by atoms with van der Waals surface area (Å²) in [5.74, 6) is -0.0742. The maximum atomic E-state index is 13.4. The molecule has 168 valence electrons. The number of amides is 1. The van der Waals surface area contributed by atoms with Crippen molar-refractivity contribution in [2.75, 3.05) is 13.1 Å². The van der Waals surface area contributed by atoms with Crippen LogP contribution in [0.1, 0.15) is 57.3 Å². The van der Waals surface area contributed by atoms with Crippen molar-refractivity contribution in [2.24, 2.45) is 0 Å². The van der Waals surface area contributed by atoms with Gasteiger partial charge in [0, 0.05) is 42.3 Å². The number of hydrogen-bond donors (Lipinski definition) is 0. The van der Waals surface area contributed by atoms with Crippen molar-refractivity contribution in [1.82, 2.24) is 24.5 Å². The summed E-state index contributed by atoms with van der Waals surface area (Å²) < 4.78 is 15.2. The molecule has 1 amide bonds. The topological polar surface area (TPSA) is 63.4 Å². The molecule has 6 nitrogen and oxygen atoms in total. The first-order valence-electron chi connectivity index (χ1n) is 11.3. The van der Waals surface area contributed by atoms with Gasteiger partial charge in [0.25, 0.3) is 5.91 Å². The van der Waals surface area contributed by atoms with Crippen LogP contribution in [0.3, 0.4) is 0 Å². The lowest BCUT2D eigenvalue weighted by molar-refractivity contribution is 0.0707. The van der Waals surface area contributed by atoms with Crippen molar-refractivity contribution < 1.29 is 9.18 Å². The molecule has 0 spiro atoms. The molecule has 1 aliphatic rings. The van der Waals surface area contributed by atoms with Crippen LogP contribution >= 0.6 is 0 Å². The number of carbonyl (C=O) groups excluding carboxylic acids is 1. The Bertz CT molecular complexity index is 1310. The van der Waals surface area contributed by atoms with Gasteiger partial charge in [0.05, 0.1) is 6.20 Å². The minimum atomic E-state index is -0.226. The van der Waals surface area contributed by atoms with Crippen LogP contribution < -0.4 is 0 Å². The number of benzene rings is 1. The Morgan fingerprint density at radius 2 is 2.00 bits per heavy atom. The smallest absolute Gasteiger partial charge is 0.259 e. The second-order valence-corrected chi connectivity index (χ2v) is 8.82. The van der Waals surface area contributed by atoms with Gasteiger partial charge in [0.1, 0.15) is 11.4 Å². The molecule has 0 N–H and O–H groups in total. The first-order valence-corrected chi connectivity index (χ1v) is 11.3. The van der Waals surface area contributed by atoms with Gasteiger partial charge in [-0.05, 0) is 68.5 Å². The van der Waals surface area contributed by atoms with E-state index in [0.717, 1.165) is 47.6 Å². The van der Waals surface area contributed by atoms with Crippen LogP contribution in [0.5, 0.6) is 0 Å². The Labute approximate surface area is 192 Å². The molecule has 4 heterocycles. The van der Waals surface area contributed by atoms with Crippen LogP contribution in [0, 0.1) is 19.7 Å². The zero-order chi connectivity index (χ0) is 22.9. The highest BCUT2D eigenvalue weighted by Gasteiger charge is 2.28. The van der Waals surface area contributed by atoms with Crippen molar-refractivity contribution in [2.45, 2.75) is 39.0 Å². The maximum Gasteiger partial charge on any atom is 0.259 e. The minimum Gasteiger partial charge on any atom is -0.338 e. The number of piperidine rings is 1. The molecule has 7 heteroatoms. The average Bonchev–Trinajstić information content (AvgIpc) is 3.23. The zero-order valence-electron chi connectivity index (χ0n) is 18.8. The Kier molecular flexibility index (Phi) is 5.62. The van der Waals surface area contributed by atoms with Crippen LogP contribution in [0.4, 0.5) is 4.39 Å². The molecule has 0 aliphatic carbocycles. The van der Waals surface area contributed by atoms with Gasteiger partial charge in [-0.3, -0.25) is 9.78 Å². The first-order chi connectivity index (χ1) is 16.0. The number of halogens is 1. The maximum absolute atomic E-state index is 13.4. The Hall–Kier alpha value is -3.61. The molecule has 1 unspecified atom stereocenters. The first kappa shape index (κ1) is 21.2. The van der Waals surface area contributed by atoms with E-state index in [0.29, 0.717) is 24.2 Å². The molecule has 5 rings (SSSR count). The molecular weight excluding hydrogens is 417 g/mol. The number of aromatic nitrogens is 4. The molecule has 1 atom stereocenters. The van der Waals surface area contributed by atoms with Gasteiger partial charge in [-0.1, -0.05) is 18.2 Å². The van der Waals surface area contributed by atoms with E-state index in [1.54, 1.807) is 22.8 Å². The number of hydrogen-bond acceptors (Lipinski definition) is 4. The van der Waals surface area contributed by atoms with E-state index in [-0.39, 0.29) is 17.6 Å². The SMILES string of the molecule is Cc1cc(C)n2ncc(C(=O)N3CCCC(c4ccc(Cc5cccc(F)c5)cn4)C3)c2n1. The third-order valence-electron chi connectivity index (χ3n) is 6.28. The molecule has 0 saturated carbocycles. The molecule has 33 heavy (non-hydrogen) atoms. The van der Waals surface area contributed by atoms with E-state index in [4.69, 9.17) is 4.98 Å². The third kappa shape index (κ3) is 4.35.